The Bertz CT molecular complexity index is 450. The van der Waals surface area contributed by atoms with Crippen LogP contribution in [0.4, 0.5) is 0 Å². The lowest BCUT2D eigenvalue weighted by Gasteiger charge is -2.07. The van der Waals surface area contributed by atoms with Crippen LogP contribution < -0.4 is 4.74 Å². The minimum absolute atomic E-state index is 0.878. The zero-order valence-corrected chi connectivity index (χ0v) is 11.7. The summed E-state index contributed by atoms with van der Waals surface area (Å²) >= 11 is 0. The highest BCUT2D eigenvalue weighted by Crippen LogP contribution is 2.15. The Morgan fingerprint density at radius 2 is 1.78 bits per heavy atom. The fourth-order valence-corrected chi connectivity index (χ4v) is 1.34. The maximum atomic E-state index is 5.77. The van der Waals surface area contributed by atoms with Crippen molar-refractivity contribution in [2.24, 2.45) is 0 Å². The van der Waals surface area contributed by atoms with Gasteiger partial charge in [-0.05, 0) is 44.9 Å². The maximum Gasteiger partial charge on any atom is 0.126 e. The largest absolute Gasteiger partial charge is 0.462 e. The van der Waals surface area contributed by atoms with E-state index in [-0.39, 0.29) is 0 Å². The number of rotatable bonds is 5. The van der Waals surface area contributed by atoms with E-state index in [0.29, 0.717) is 0 Å². The number of hydrogen-bond donors (Lipinski definition) is 0. The standard InChI is InChI=1S/C17H22O/c1-5-14(2)10-9-11-15(3)16(4)18-17-12-7-6-8-13-17/h6-13H,5H2,1-4H3/b11-9-,14-10?,16-15+. The molecule has 0 saturated carbocycles. The first-order valence-electron chi connectivity index (χ1n) is 6.37. The smallest absolute Gasteiger partial charge is 0.126 e. The van der Waals surface area contributed by atoms with Gasteiger partial charge in [-0.1, -0.05) is 48.9 Å². The Morgan fingerprint density at radius 1 is 1.11 bits per heavy atom. The second-order valence-electron chi connectivity index (χ2n) is 4.38. The number of hydrogen-bond acceptors (Lipinski definition) is 1. The highest BCUT2D eigenvalue weighted by Gasteiger charge is 1.96. The molecule has 0 saturated heterocycles. The van der Waals surface area contributed by atoms with E-state index in [9.17, 15) is 0 Å². The average molecular weight is 242 g/mol. The van der Waals surface area contributed by atoms with Crippen LogP contribution in [0.25, 0.3) is 0 Å². The molecular formula is C17H22O. The van der Waals surface area contributed by atoms with Crippen molar-refractivity contribution in [3.63, 3.8) is 0 Å². The molecule has 0 bridgehead atoms. The average Bonchev–Trinajstić information content (AvgIpc) is 2.39. The minimum Gasteiger partial charge on any atom is -0.462 e. The first-order chi connectivity index (χ1) is 8.63. The van der Waals surface area contributed by atoms with Crippen LogP contribution in [0.3, 0.4) is 0 Å². The topological polar surface area (TPSA) is 9.23 Å². The van der Waals surface area contributed by atoms with Gasteiger partial charge in [0.25, 0.3) is 0 Å². The van der Waals surface area contributed by atoms with Crippen molar-refractivity contribution in [3.8, 4) is 5.75 Å². The van der Waals surface area contributed by atoms with Gasteiger partial charge in [-0.15, -0.1) is 0 Å². The van der Waals surface area contributed by atoms with Gasteiger partial charge in [0.05, 0.1) is 0 Å². The second-order valence-corrected chi connectivity index (χ2v) is 4.38. The maximum absolute atomic E-state index is 5.77. The van der Waals surface area contributed by atoms with E-state index in [0.717, 1.165) is 23.5 Å². The van der Waals surface area contributed by atoms with Gasteiger partial charge >= 0.3 is 0 Å². The summed E-state index contributed by atoms with van der Waals surface area (Å²) in [6.07, 6.45) is 7.38. The Morgan fingerprint density at radius 3 is 2.39 bits per heavy atom. The third-order valence-electron chi connectivity index (χ3n) is 2.85. The summed E-state index contributed by atoms with van der Waals surface area (Å²) in [6, 6.07) is 9.85. The van der Waals surface area contributed by atoms with Crippen LogP contribution in [0.1, 0.15) is 34.1 Å². The summed E-state index contributed by atoms with van der Waals surface area (Å²) in [4.78, 5) is 0. The molecular weight excluding hydrogens is 220 g/mol. The molecule has 0 amide bonds. The normalized spacial score (nSPS) is 13.7. The van der Waals surface area contributed by atoms with E-state index >= 15 is 0 Å². The molecule has 0 aliphatic rings. The van der Waals surface area contributed by atoms with Crippen molar-refractivity contribution in [2.75, 3.05) is 0 Å². The monoisotopic (exact) mass is 242 g/mol. The number of benzene rings is 1. The molecule has 0 atom stereocenters. The van der Waals surface area contributed by atoms with Gasteiger partial charge in [-0.2, -0.15) is 0 Å². The van der Waals surface area contributed by atoms with Crippen LogP contribution in [0.5, 0.6) is 5.75 Å². The van der Waals surface area contributed by atoms with Gasteiger partial charge < -0.3 is 4.74 Å². The highest BCUT2D eigenvalue weighted by atomic mass is 16.5. The van der Waals surface area contributed by atoms with Crippen LogP contribution in [0, 0.1) is 0 Å². The van der Waals surface area contributed by atoms with Crippen LogP contribution in [-0.4, -0.2) is 0 Å². The molecule has 0 radical (unpaired) electrons. The molecule has 0 aromatic heterocycles. The highest BCUT2D eigenvalue weighted by molar-refractivity contribution is 5.28. The van der Waals surface area contributed by atoms with Gasteiger partial charge in [-0.3, -0.25) is 0 Å². The van der Waals surface area contributed by atoms with E-state index in [2.05, 4.69) is 39.0 Å². The molecule has 0 aliphatic carbocycles. The SMILES string of the molecule is CCC(C)=C/C=C\C(C)=C(/C)Oc1ccccc1. The third kappa shape index (κ3) is 5.05. The zero-order chi connectivity index (χ0) is 13.4. The molecule has 1 aromatic rings. The molecule has 1 rings (SSSR count). The van der Waals surface area contributed by atoms with Gasteiger partial charge in [0, 0.05) is 0 Å². The van der Waals surface area contributed by atoms with Gasteiger partial charge in [0.1, 0.15) is 11.5 Å². The van der Waals surface area contributed by atoms with Gasteiger partial charge in [-0.25, -0.2) is 0 Å². The van der Waals surface area contributed by atoms with Crippen molar-refractivity contribution in [1.82, 2.24) is 0 Å². The van der Waals surface area contributed by atoms with Crippen molar-refractivity contribution in [1.29, 1.82) is 0 Å². The Hall–Kier alpha value is -1.76. The van der Waals surface area contributed by atoms with E-state index in [1.54, 1.807) is 0 Å². The molecule has 0 heterocycles. The molecule has 1 heteroatoms. The van der Waals surface area contributed by atoms with E-state index in [4.69, 9.17) is 4.74 Å². The molecule has 0 spiro atoms. The van der Waals surface area contributed by atoms with Crippen molar-refractivity contribution in [3.05, 3.63) is 65.5 Å². The van der Waals surface area contributed by atoms with Crippen LogP contribution in [-0.2, 0) is 0 Å². The van der Waals surface area contributed by atoms with Crippen LogP contribution in [0.2, 0.25) is 0 Å². The van der Waals surface area contributed by atoms with Gasteiger partial charge in [0.2, 0.25) is 0 Å². The molecule has 1 nitrogen and oxygen atoms in total. The molecule has 96 valence electrons. The lowest BCUT2D eigenvalue weighted by Crippen LogP contribution is -1.93. The van der Waals surface area contributed by atoms with E-state index < -0.39 is 0 Å². The summed E-state index contributed by atoms with van der Waals surface area (Å²) in [7, 11) is 0. The summed E-state index contributed by atoms with van der Waals surface area (Å²) in [5.41, 5.74) is 2.51. The summed E-state index contributed by atoms with van der Waals surface area (Å²) in [6.45, 7) is 8.34. The fraction of sp³-hybridized carbons (Fsp3) is 0.294. The Kier molecular flexibility index (Phi) is 5.99. The van der Waals surface area contributed by atoms with Crippen LogP contribution in [0.15, 0.2) is 65.5 Å². The minimum atomic E-state index is 0.878. The lowest BCUT2D eigenvalue weighted by molar-refractivity contribution is 0.423. The van der Waals surface area contributed by atoms with Gasteiger partial charge in [0.15, 0.2) is 0 Å². The predicted octanol–water partition coefficient (Wildman–Crippen LogP) is 5.27. The first kappa shape index (κ1) is 14.3. The fourth-order valence-electron chi connectivity index (χ4n) is 1.34. The molecule has 0 N–H and O–H groups in total. The van der Waals surface area contributed by atoms with Crippen molar-refractivity contribution >= 4 is 0 Å². The van der Waals surface area contributed by atoms with E-state index in [1.807, 2.05) is 37.3 Å². The molecule has 0 fully saturated rings. The van der Waals surface area contributed by atoms with Crippen molar-refractivity contribution in [2.45, 2.75) is 34.1 Å². The molecule has 0 unspecified atom stereocenters. The Labute approximate surface area is 110 Å². The molecule has 0 aliphatic heterocycles. The first-order valence-corrected chi connectivity index (χ1v) is 6.37. The Balaban J connectivity index is 2.68. The van der Waals surface area contributed by atoms with Crippen LogP contribution >= 0.6 is 0 Å². The predicted molar refractivity (Wildman–Crippen MR) is 78.6 cm³/mol. The number of para-hydroxylation sites is 1. The molecule has 18 heavy (non-hydrogen) atoms. The third-order valence-corrected chi connectivity index (χ3v) is 2.85. The number of allylic oxidation sites excluding steroid dienone is 6. The van der Waals surface area contributed by atoms with Crippen molar-refractivity contribution < 1.29 is 4.74 Å². The van der Waals surface area contributed by atoms with E-state index in [1.165, 1.54) is 5.57 Å². The molecule has 1 aromatic carbocycles. The lowest BCUT2D eigenvalue weighted by atomic mass is 10.2. The zero-order valence-electron chi connectivity index (χ0n) is 11.7. The summed E-state index contributed by atoms with van der Waals surface area (Å²) in [5, 5.41) is 0. The number of ether oxygens (including phenoxy) is 1. The summed E-state index contributed by atoms with van der Waals surface area (Å²) < 4.78 is 5.77. The second kappa shape index (κ2) is 7.54. The quantitative estimate of drug-likeness (QED) is 0.504. The summed E-state index contributed by atoms with van der Waals surface area (Å²) in [5.74, 6) is 1.81.